The maximum absolute atomic E-state index is 12.1. The lowest BCUT2D eigenvalue weighted by Crippen LogP contribution is -2.48. The summed E-state index contributed by atoms with van der Waals surface area (Å²) in [6, 6.07) is 5.70. The van der Waals surface area contributed by atoms with Crippen molar-refractivity contribution < 1.29 is 28.2 Å². The van der Waals surface area contributed by atoms with Crippen LogP contribution in [-0.4, -0.2) is 48.3 Å². The van der Waals surface area contributed by atoms with Crippen LogP contribution < -0.4 is 4.74 Å². The number of morpholine rings is 1. The molecular formula is C15H19F2NO4. The molecule has 2 atom stereocenters. The molecule has 1 aromatic rings. The molecule has 2 unspecified atom stereocenters. The van der Waals surface area contributed by atoms with Crippen molar-refractivity contribution in [3.05, 3.63) is 29.8 Å². The van der Waals surface area contributed by atoms with Crippen LogP contribution in [-0.2, 0) is 9.53 Å². The van der Waals surface area contributed by atoms with E-state index < -0.39 is 18.6 Å². The van der Waals surface area contributed by atoms with E-state index in [1.54, 1.807) is 12.1 Å². The lowest BCUT2D eigenvalue weighted by molar-refractivity contribution is -0.147. The number of rotatable bonds is 6. The first-order valence-electron chi connectivity index (χ1n) is 7.14. The Hall–Kier alpha value is -1.73. The molecule has 0 spiro atoms. The molecule has 7 heteroatoms. The number of halogens is 2. The van der Waals surface area contributed by atoms with Gasteiger partial charge in [0, 0.05) is 13.1 Å². The van der Waals surface area contributed by atoms with Crippen LogP contribution in [0.3, 0.4) is 0 Å². The van der Waals surface area contributed by atoms with Crippen molar-refractivity contribution in [2.24, 2.45) is 0 Å². The Balaban J connectivity index is 2.04. The molecule has 122 valence electrons. The van der Waals surface area contributed by atoms with Crippen LogP contribution in [0.25, 0.3) is 0 Å². The molecule has 5 nitrogen and oxygen atoms in total. The van der Waals surface area contributed by atoms with Crippen LogP contribution in [0.1, 0.15) is 25.0 Å². The van der Waals surface area contributed by atoms with Crippen molar-refractivity contribution in [3.8, 4) is 5.75 Å². The summed E-state index contributed by atoms with van der Waals surface area (Å²) >= 11 is 0. The zero-order valence-electron chi connectivity index (χ0n) is 12.2. The second kappa shape index (κ2) is 7.51. The first-order valence-corrected chi connectivity index (χ1v) is 7.14. The minimum atomic E-state index is -2.85. The highest BCUT2D eigenvalue weighted by Gasteiger charge is 2.30. The zero-order chi connectivity index (χ0) is 16.1. The third kappa shape index (κ3) is 4.14. The predicted molar refractivity (Wildman–Crippen MR) is 75.1 cm³/mol. The molecule has 0 aromatic heterocycles. The van der Waals surface area contributed by atoms with Gasteiger partial charge in [-0.25, -0.2) is 0 Å². The second-order valence-corrected chi connectivity index (χ2v) is 5.06. The van der Waals surface area contributed by atoms with Crippen LogP contribution in [0.2, 0.25) is 0 Å². The van der Waals surface area contributed by atoms with E-state index in [1.807, 2.05) is 11.8 Å². The number of ether oxygens (including phenoxy) is 2. The van der Waals surface area contributed by atoms with E-state index in [9.17, 15) is 18.7 Å². The maximum Gasteiger partial charge on any atom is 0.387 e. The number of alkyl halides is 2. The zero-order valence-corrected chi connectivity index (χ0v) is 12.2. The maximum atomic E-state index is 12.1. The summed E-state index contributed by atoms with van der Waals surface area (Å²) in [6.45, 7) is 0.435. The second-order valence-electron chi connectivity index (χ2n) is 5.06. The molecule has 1 saturated heterocycles. The Morgan fingerprint density at radius 1 is 1.45 bits per heavy atom. The van der Waals surface area contributed by atoms with E-state index in [0.29, 0.717) is 26.1 Å². The standard InChI is InChI=1S/C15H19F2NO4/c1-2-12(14(19)20)18-7-8-21-13(9-18)10-3-5-11(6-4-10)22-15(16)17/h3-6,12-13,15H,2,7-9H2,1H3,(H,19,20). The molecule has 1 N–H and O–H groups in total. The van der Waals surface area contributed by atoms with Gasteiger partial charge in [-0.2, -0.15) is 8.78 Å². The quantitative estimate of drug-likeness (QED) is 0.874. The molecule has 0 bridgehead atoms. The molecule has 1 aromatic carbocycles. The van der Waals surface area contributed by atoms with Gasteiger partial charge in [-0.05, 0) is 24.1 Å². The Bertz CT molecular complexity index is 495. The fraction of sp³-hybridized carbons (Fsp3) is 0.533. The Morgan fingerprint density at radius 2 is 2.14 bits per heavy atom. The number of hydrogen-bond acceptors (Lipinski definition) is 4. The molecule has 0 saturated carbocycles. The van der Waals surface area contributed by atoms with Crippen LogP contribution in [0.15, 0.2) is 24.3 Å². The van der Waals surface area contributed by atoms with Gasteiger partial charge in [0.1, 0.15) is 11.8 Å². The number of hydrogen-bond donors (Lipinski definition) is 1. The molecule has 1 heterocycles. The van der Waals surface area contributed by atoms with E-state index in [-0.39, 0.29) is 11.9 Å². The van der Waals surface area contributed by atoms with E-state index in [1.165, 1.54) is 12.1 Å². The van der Waals surface area contributed by atoms with Crippen LogP contribution in [0.5, 0.6) is 5.75 Å². The highest BCUT2D eigenvalue weighted by atomic mass is 19.3. The highest BCUT2D eigenvalue weighted by Crippen LogP contribution is 2.26. The molecule has 0 amide bonds. The van der Waals surface area contributed by atoms with Crippen molar-refractivity contribution in [2.45, 2.75) is 32.1 Å². The fourth-order valence-electron chi connectivity index (χ4n) is 2.61. The van der Waals surface area contributed by atoms with Gasteiger partial charge in [-0.3, -0.25) is 9.69 Å². The summed E-state index contributed by atoms with van der Waals surface area (Å²) in [5, 5.41) is 9.23. The predicted octanol–water partition coefficient (Wildman–Crippen LogP) is 2.52. The molecule has 0 radical (unpaired) electrons. The average molecular weight is 315 g/mol. The monoisotopic (exact) mass is 315 g/mol. The van der Waals surface area contributed by atoms with E-state index in [0.717, 1.165) is 5.56 Å². The van der Waals surface area contributed by atoms with Gasteiger partial charge in [0.2, 0.25) is 0 Å². The van der Waals surface area contributed by atoms with E-state index in [2.05, 4.69) is 4.74 Å². The molecule has 2 rings (SSSR count). The number of nitrogens with zero attached hydrogens (tertiary/aromatic N) is 1. The lowest BCUT2D eigenvalue weighted by Gasteiger charge is -2.36. The Labute approximate surface area is 127 Å². The van der Waals surface area contributed by atoms with Gasteiger partial charge in [0.25, 0.3) is 0 Å². The van der Waals surface area contributed by atoms with Crippen molar-refractivity contribution >= 4 is 5.97 Å². The first-order chi connectivity index (χ1) is 10.5. The normalized spacial score (nSPS) is 20.8. The summed E-state index contributed by atoms with van der Waals surface area (Å²) in [6.07, 6.45) is 0.242. The van der Waals surface area contributed by atoms with Gasteiger partial charge in [-0.1, -0.05) is 19.1 Å². The fourth-order valence-corrected chi connectivity index (χ4v) is 2.61. The molecule has 0 aliphatic carbocycles. The van der Waals surface area contributed by atoms with Crippen molar-refractivity contribution in [1.82, 2.24) is 4.90 Å². The smallest absolute Gasteiger partial charge is 0.387 e. The highest BCUT2D eigenvalue weighted by molar-refractivity contribution is 5.73. The lowest BCUT2D eigenvalue weighted by atomic mass is 10.1. The van der Waals surface area contributed by atoms with Crippen molar-refractivity contribution in [2.75, 3.05) is 19.7 Å². The largest absolute Gasteiger partial charge is 0.480 e. The van der Waals surface area contributed by atoms with E-state index >= 15 is 0 Å². The number of carboxylic acids is 1. The van der Waals surface area contributed by atoms with Crippen LogP contribution in [0, 0.1) is 0 Å². The minimum Gasteiger partial charge on any atom is -0.480 e. The summed E-state index contributed by atoms with van der Waals surface area (Å²) in [7, 11) is 0. The molecule has 1 aliphatic heterocycles. The molecule has 22 heavy (non-hydrogen) atoms. The summed E-state index contributed by atoms with van der Waals surface area (Å²) in [4.78, 5) is 13.1. The Kier molecular flexibility index (Phi) is 5.68. The number of aliphatic carboxylic acids is 1. The Morgan fingerprint density at radius 3 is 2.68 bits per heavy atom. The van der Waals surface area contributed by atoms with Gasteiger partial charge in [0.05, 0.1) is 12.7 Å². The minimum absolute atomic E-state index is 0.0865. The van der Waals surface area contributed by atoms with E-state index in [4.69, 9.17) is 4.74 Å². The SMILES string of the molecule is CCC(C(=O)O)N1CCOC(c2ccc(OC(F)F)cc2)C1. The van der Waals surface area contributed by atoms with Crippen molar-refractivity contribution in [1.29, 1.82) is 0 Å². The number of carboxylic acid groups (broad SMARTS) is 1. The number of carbonyl (C=O) groups is 1. The van der Waals surface area contributed by atoms with Crippen molar-refractivity contribution in [3.63, 3.8) is 0 Å². The third-order valence-electron chi connectivity index (χ3n) is 3.69. The van der Waals surface area contributed by atoms with Gasteiger partial charge < -0.3 is 14.6 Å². The number of benzene rings is 1. The average Bonchev–Trinajstić information content (AvgIpc) is 2.48. The molecule has 1 fully saturated rings. The summed E-state index contributed by atoms with van der Waals surface area (Å²) in [5.41, 5.74) is 0.812. The van der Waals surface area contributed by atoms with Crippen LogP contribution >= 0.6 is 0 Å². The van der Waals surface area contributed by atoms with Crippen LogP contribution in [0.4, 0.5) is 8.78 Å². The molecule has 1 aliphatic rings. The molecular weight excluding hydrogens is 296 g/mol. The third-order valence-corrected chi connectivity index (χ3v) is 3.69. The van der Waals surface area contributed by atoms with Gasteiger partial charge in [-0.15, -0.1) is 0 Å². The van der Waals surface area contributed by atoms with Gasteiger partial charge in [0.15, 0.2) is 0 Å². The topological polar surface area (TPSA) is 59.0 Å². The summed E-state index contributed by atoms with van der Waals surface area (Å²) < 4.78 is 34.2. The van der Waals surface area contributed by atoms with Gasteiger partial charge >= 0.3 is 12.6 Å². The summed E-state index contributed by atoms with van der Waals surface area (Å²) in [5.74, 6) is -0.757. The first kappa shape index (κ1) is 16.6.